The van der Waals surface area contributed by atoms with Crippen molar-refractivity contribution < 1.29 is 24.3 Å². The zero-order valence-electron chi connectivity index (χ0n) is 13.8. The van der Waals surface area contributed by atoms with Gasteiger partial charge < -0.3 is 10.8 Å². The number of hydrogen-bond acceptors (Lipinski definition) is 5. The Morgan fingerprint density at radius 3 is 2.26 bits per heavy atom. The number of carbonyl (C=O) groups is 4. The molecule has 0 bridgehead atoms. The monoisotopic (exact) mass is 363 g/mol. The number of carbonyl (C=O) groups excluding carboxylic acids is 3. The third-order valence-electron chi connectivity index (χ3n) is 4.42. The van der Waals surface area contributed by atoms with Crippen molar-refractivity contribution in [3.8, 4) is 6.07 Å². The zero-order chi connectivity index (χ0) is 19.7. The summed E-state index contributed by atoms with van der Waals surface area (Å²) in [5, 5.41) is 18.8. The van der Waals surface area contributed by atoms with E-state index in [0.29, 0.717) is 16.0 Å². The fraction of sp³-hybridized carbons (Fsp3) is 0.105. The molecule has 0 aromatic heterocycles. The van der Waals surface area contributed by atoms with Crippen LogP contribution in [0.3, 0.4) is 0 Å². The summed E-state index contributed by atoms with van der Waals surface area (Å²) in [5.41, 5.74) is 5.95. The predicted octanol–water partition coefficient (Wildman–Crippen LogP) is 0.935. The van der Waals surface area contributed by atoms with Gasteiger partial charge in [-0.2, -0.15) is 5.26 Å². The summed E-state index contributed by atoms with van der Waals surface area (Å²) in [6, 6.07) is 12.4. The largest absolute Gasteiger partial charge is 0.481 e. The van der Waals surface area contributed by atoms with Crippen LogP contribution in [0.5, 0.6) is 0 Å². The molecule has 1 heterocycles. The first-order valence-corrected chi connectivity index (χ1v) is 7.86. The number of carboxylic acid groups (broad SMARTS) is 1. The summed E-state index contributed by atoms with van der Waals surface area (Å²) in [7, 11) is 0. The molecule has 3 rings (SSSR count). The molecule has 1 aliphatic heterocycles. The molecule has 1 aliphatic rings. The molecule has 8 nitrogen and oxygen atoms in total. The highest BCUT2D eigenvalue weighted by atomic mass is 16.4. The lowest BCUT2D eigenvalue weighted by molar-refractivity contribution is -0.147. The lowest BCUT2D eigenvalue weighted by Gasteiger charge is -2.38. The molecule has 0 radical (unpaired) electrons. The number of amides is 3. The van der Waals surface area contributed by atoms with E-state index in [2.05, 4.69) is 0 Å². The molecule has 2 atom stereocenters. The van der Waals surface area contributed by atoms with Gasteiger partial charge in [0.2, 0.25) is 0 Å². The predicted molar refractivity (Wildman–Crippen MR) is 91.1 cm³/mol. The van der Waals surface area contributed by atoms with Gasteiger partial charge in [0.15, 0.2) is 0 Å². The SMILES string of the molecule is N#Cc1ccc(C2C(C(=O)O)c3ccccc3C(=O)N2C(=O)C(N)=O)cc1. The van der Waals surface area contributed by atoms with Gasteiger partial charge in [0.1, 0.15) is 5.92 Å². The molecule has 0 fully saturated rings. The number of imide groups is 1. The minimum atomic E-state index is -1.37. The topological polar surface area (TPSA) is 142 Å². The minimum absolute atomic E-state index is 0.0180. The quantitative estimate of drug-likeness (QED) is 0.760. The molecule has 2 aromatic rings. The van der Waals surface area contributed by atoms with Gasteiger partial charge in [-0.25, -0.2) is 0 Å². The minimum Gasteiger partial charge on any atom is -0.481 e. The maximum Gasteiger partial charge on any atom is 0.319 e. The maximum absolute atomic E-state index is 12.9. The van der Waals surface area contributed by atoms with Gasteiger partial charge in [0.05, 0.1) is 17.7 Å². The van der Waals surface area contributed by atoms with Crippen molar-refractivity contribution >= 4 is 23.7 Å². The van der Waals surface area contributed by atoms with E-state index in [4.69, 9.17) is 11.0 Å². The highest BCUT2D eigenvalue weighted by Gasteiger charge is 2.47. The fourth-order valence-corrected chi connectivity index (χ4v) is 3.24. The first-order chi connectivity index (χ1) is 12.9. The molecule has 3 N–H and O–H groups in total. The third-order valence-corrected chi connectivity index (χ3v) is 4.42. The number of carboxylic acids is 1. The number of primary amides is 1. The van der Waals surface area contributed by atoms with Crippen LogP contribution in [0.1, 0.15) is 39.0 Å². The Kier molecular flexibility index (Phi) is 4.44. The number of nitrogens with zero attached hydrogens (tertiary/aromatic N) is 2. The van der Waals surface area contributed by atoms with Crippen molar-refractivity contribution in [3.63, 3.8) is 0 Å². The summed E-state index contributed by atoms with van der Waals surface area (Å²) in [4.78, 5) is 49.4. The number of fused-ring (bicyclic) bond motifs is 1. The number of nitriles is 1. The van der Waals surface area contributed by atoms with E-state index in [1.165, 1.54) is 42.5 Å². The molecular weight excluding hydrogens is 350 g/mol. The Morgan fingerprint density at radius 1 is 1.07 bits per heavy atom. The van der Waals surface area contributed by atoms with Crippen LogP contribution >= 0.6 is 0 Å². The summed E-state index contributed by atoms with van der Waals surface area (Å²) in [5.74, 6) is -6.04. The highest BCUT2D eigenvalue weighted by Crippen LogP contribution is 2.42. The molecule has 0 saturated carbocycles. The van der Waals surface area contributed by atoms with E-state index in [0.717, 1.165) is 0 Å². The second kappa shape index (κ2) is 6.72. The average Bonchev–Trinajstić information content (AvgIpc) is 2.67. The molecule has 2 unspecified atom stereocenters. The molecular formula is C19H13N3O5. The summed E-state index contributed by atoms with van der Waals surface area (Å²) in [6.45, 7) is 0. The van der Waals surface area contributed by atoms with Crippen molar-refractivity contribution in [2.45, 2.75) is 12.0 Å². The van der Waals surface area contributed by atoms with E-state index in [9.17, 15) is 24.3 Å². The van der Waals surface area contributed by atoms with Gasteiger partial charge in [-0.1, -0.05) is 30.3 Å². The van der Waals surface area contributed by atoms with Gasteiger partial charge in [0, 0.05) is 5.56 Å². The smallest absolute Gasteiger partial charge is 0.319 e. The van der Waals surface area contributed by atoms with Crippen LogP contribution in [-0.4, -0.2) is 33.7 Å². The molecule has 134 valence electrons. The van der Waals surface area contributed by atoms with Crippen molar-refractivity contribution in [2.24, 2.45) is 5.73 Å². The first-order valence-electron chi connectivity index (χ1n) is 7.86. The van der Waals surface area contributed by atoms with E-state index < -0.39 is 35.7 Å². The number of nitrogens with two attached hydrogens (primary N) is 1. The van der Waals surface area contributed by atoms with Crippen molar-refractivity contribution in [2.75, 3.05) is 0 Å². The van der Waals surface area contributed by atoms with Gasteiger partial charge >= 0.3 is 17.8 Å². The van der Waals surface area contributed by atoms with Gasteiger partial charge in [0.25, 0.3) is 5.91 Å². The maximum atomic E-state index is 12.9. The van der Waals surface area contributed by atoms with E-state index in [1.54, 1.807) is 6.07 Å². The van der Waals surface area contributed by atoms with Crippen LogP contribution in [-0.2, 0) is 14.4 Å². The number of aliphatic carboxylic acids is 1. The Balaban J connectivity index is 2.27. The summed E-state index contributed by atoms with van der Waals surface area (Å²) < 4.78 is 0. The zero-order valence-corrected chi connectivity index (χ0v) is 13.8. The fourth-order valence-electron chi connectivity index (χ4n) is 3.24. The lowest BCUT2D eigenvalue weighted by atomic mass is 9.79. The van der Waals surface area contributed by atoms with Crippen LogP contribution in [0.15, 0.2) is 48.5 Å². The second-order valence-corrected chi connectivity index (χ2v) is 5.93. The Morgan fingerprint density at radius 2 is 1.70 bits per heavy atom. The van der Waals surface area contributed by atoms with Crippen LogP contribution in [0.2, 0.25) is 0 Å². The van der Waals surface area contributed by atoms with Crippen LogP contribution < -0.4 is 5.73 Å². The van der Waals surface area contributed by atoms with Crippen LogP contribution in [0, 0.1) is 11.3 Å². The normalized spacial score (nSPS) is 18.3. The lowest BCUT2D eigenvalue weighted by Crippen LogP contribution is -2.51. The molecule has 3 amide bonds. The molecule has 8 heteroatoms. The first kappa shape index (κ1) is 17.8. The van der Waals surface area contributed by atoms with Crippen molar-refractivity contribution in [1.82, 2.24) is 4.90 Å². The van der Waals surface area contributed by atoms with E-state index in [1.807, 2.05) is 6.07 Å². The van der Waals surface area contributed by atoms with Crippen molar-refractivity contribution in [1.29, 1.82) is 5.26 Å². The number of benzene rings is 2. The molecule has 0 aliphatic carbocycles. The van der Waals surface area contributed by atoms with Gasteiger partial charge in [-0.3, -0.25) is 24.1 Å². The van der Waals surface area contributed by atoms with Crippen LogP contribution in [0.25, 0.3) is 0 Å². The third kappa shape index (κ3) is 2.91. The van der Waals surface area contributed by atoms with Crippen molar-refractivity contribution in [3.05, 3.63) is 70.8 Å². The summed E-state index contributed by atoms with van der Waals surface area (Å²) in [6.07, 6.45) is 0. The summed E-state index contributed by atoms with van der Waals surface area (Å²) >= 11 is 0. The van der Waals surface area contributed by atoms with Gasteiger partial charge in [-0.15, -0.1) is 0 Å². The molecule has 0 spiro atoms. The van der Waals surface area contributed by atoms with E-state index in [-0.39, 0.29) is 11.1 Å². The van der Waals surface area contributed by atoms with Crippen LogP contribution in [0.4, 0.5) is 0 Å². The number of rotatable bonds is 2. The Labute approximate surface area is 153 Å². The van der Waals surface area contributed by atoms with Gasteiger partial charge in [-0.05, 0) is 29.3 Å². The van der Waals surface area contributed by atoms with E-state index >= 15 is 0 Å². The second-order valence-electron chi connectivity index (χ2n) is 5.93. The average molecular weight is 363 g/mol. The molecule has 0 saturated heterocycles. The Bertz CT molecular complexity index is 1010. The number of hydrogen-bond donors (Lipinski definition) is 2. The standard InChI is InChI=1S/C19H13N3O5/c20-9-10-5-7-11(8-6-10)15-14(19(26)27)12-3-1-2-4-13(12)17(24)22(15)18(25)16(21)23/h1-8,14-15H,(H2,21,23)(H,26,27). The Hall–Kier alpha value is -3.99. The highest BCUT2D eigenvalue weighted by molar-refractivity contribution is 6.38. The molecule has 2 aromatic carbocycles. The molecule has 27 heavy (non-hydrogen) atoms.